The molecule has 34 heavy (non-hydrogen) atoms. The minimum absolute atomic E-state index is 0.193. The van der Waals surface area contributed by atoms with E-state index in [1.165, 1.54) is 0 Å². The summed E-state index contributed by atoms with van der Waals surface area (Å²) in [7, 11) is 0. The van der Waals surface area contributed by atoms with Crippen molar-refractivity contribution in [3.8, 4) is 0 Å². The molecular formula is C25H22N6O3. The zero-order valence-corrected chi connectivity index (χ0v) is 18.6. The molecule has 3 N–H and O–H groups in total. The third-order valence-electron chi connectivity index (χ3n) is 5.19. The molecule has 1 unspecified atom stereocenters. The number of carbonyl (C=O) groups excluding carboxylic acids is 2. The number of hydrogen-bond donors (Lipinski definition) is 3. The van der Waals surface area contributed by atoms with E-state index in [1.54, 1.807) is 67.7 Å². The zero-order chi connectivity index (χ0) is 24.1. The maximum absolute atomic E-state index is 13.3. The van der Waals surface area contributed by atoms with Gasteiger partial charge in [0, 0.05) is 17.1 Å². The average Bonchev–Trinajstić information content (AvgIpc) is 2.87. The number of pyridine rings is 1. The van der Waals surface area contributed by atoms with E-state index in [-0.39, 0.29) is 5.69 Å². The monoisotopic (exact) mass is 454 g/mol. The molecule has 4 rings (SSSR count). The molecule has 9 heteroatoms. The van der Waals surface area contributed by atoms with Gasteiger partial charge in [0.15, 0.2) is 6.04 Å². The van der Waals surface area contributed by atoms with Crippen molar-refractivity contribution >= 4 is 28.3 Å². The van der Waals surface area contributed by atoms with Crippen molar-refractivity contribution in [2.45, 2.75) is 19.9 Å². The summed E-state index contributed by atoms with van der Waals surface area (Å²) < 4.78 is 0. The van der Waals surface area contributed by atoms with Gasteiger partial charge in [-0.3, -0.25) is 19.4 Å². The smallest absolute Gasteiger partial charge is 0.272 e. The van der Waals surface area contributed by atoms with Crippen LogP contribution in [0.1, 0.15) is 40.3 Å². The molecule has 0 saturated heterocycles. The Balaban J connectivity index is 1.70. The highest BCUT2D eigenvalue weighted by molar-refractivity contribution is 6.01. The molecule has 2 heterocycles. The van der Waals surface area contributed by atoms with Gasteiger partial charge in [0.1, 0.15) is 5.69 Å². The molecule has 0 aliphatic carbocycles. The van der Waals surface area contributed by atoms with Crippen LogP contribution in [-0.4, -0.2) is 32.7 Å². The van der Waals surface area contributed by atoms with Crippen LogP contribution in [0.5, 0.6) is 0 Å². The summed E-state index contributed by atoms with van der Waals surface area (Å²) in [6.45, 7) is 3.65. The minimum atomic E-state index is -1.23. The molecule has 0 fully saturated rings. The highest BCUT2D eigenvalue weighted by atomic mass is 16.2. The number of nitrogens with zero attached hydrogens (tertiary/aromatic N) is 3. The Hall–Kier alpha value is -4.66. The molecule has 0 saturated carbocycles. The lowest BCUT2D eigenvalue weighted by Crippen LogP contribution is -2.40. The van der Waals surface area contributed by atoms with Crippen molar-refractivity contribution in [3.05, 3.63) is 106 Å². The van der Waals surface area contributed by atoms with Gasteiger partial charge < -0.3 is 5.32 Å². The minimum Gasteiger partial charge on any atom is -0.335 e. The van der Waals surface area contributed by atoms with E-state index in [4.69, 9.17) is 0 Å². The van der Waals surface area contributed by atoms with E-state index in [0.29, 0.717) is 27.7 Å². The van der Waals surface area contributed by atoms with Gasteiger partial charge in [0.25, 0.3) is 17.4 Å². The van der Waals surface area contributed by atoms with Crippen LogP contribution in [0.2, 0.25) is 0 Å². The third-order valence-corrected chi connectivity index (χ3v) is 5.19. The van der Waals surface area contributed by atoms with Crippen molar-refractivity contribution in [2.75, 3.05) is 0 Å². The lowest BCUT2D eigenvalue weighted by Gasteiger charge is -2.18. The van der Waals surface area contributed by atoms with Crippen LogP contribution in [0.25, 0.3) is 10.8 Å². The molecule has 4 aromatic rings. The number of H-pyrrole nitrogens is 1. The van der Waals surface area contributed by atoms with E-state index in [0.717, 1.165) is 5.56 Å². The van der Waals surface area contributed by atoms with E-state index < -0.39 is 23.4 Å². The fourth-order valence-electron chi connectivity index (χ4n) is 3.41. The Morgan fingerprint density at radius 3 is 2.44 bits per heavy atom. The number of aromatic amines is 1. The van der Waals surface area contributed by atoms with Gasteiger partial charge in [-0.15, -0.1) is 0 Å². The molecule has 0 radical (unpaired) electrons. The van der Waals surface area contributed by atoms with Crippen LogP contribution in [-0.2, 0) is 4.79 Å². The second-order valence-corrected chi connectivity index (χ2v) is 7.65. The van der Waals surface area contributed by atoms with Crippen LogP contribution >= 0.6 is 0 Å². The second-order valence-electron chi connectivity index (χ2n) is 7.65. The largest absolute Gasteiger partial charge is 0.335 e. The molecule has 1 atom stereocenters. The van der Waals surface area contributed by atoms with E-state index >= 15 is 0 Å². The van der Waals surface area contributed by atoms with Crippen molar-refractivity contribution in [3.63, 3.8) is 0 Å². The maximum atomic E-state index is 13.3. The number of hydrogen-bond acceptors (Lipinski definition) is 6. The summed E-state index contributed by atoms with van der Waals surface area (Å²) in [5.41, 5.74) is 4.77. The standard InChI is InChI=1S/C25H22N6O3/c1-15-12-13-26-20(14-15)16(2)28-31-25(34)22(27-23(32)17-8-4-3-5-9-17)21-18-10-6-7-11-19(18)24(33)30-29-21/h3-14,22H,1-2H3,(H,27,32)(H,30,33)(H,31,34)/b28-16+. The first-order chi connectivity index (χ1) is 16.4. The molecule has 0 aliphatic heterocycles. The Kier molecular flexibility index (Phi) is 6.54. The summed E-state index contributed by atoms with van der Waals surface area (Å²) in [4.78, 5) is 42.6. The number of rotatable bonds is 6. The number of hydrazone groups is 1. The van der Waals surface area contributed by atoms with E-state index in [9.17, 15) is 14.4 Å². The number of fused-ring (bicyclic) bond motifs is 1. The topological polar surface area (TPSA) is 129 Å². The highest BCUT2D eigenvalue weighted by Crippen LogP contribution is 2.20. The van der Waals surface area contributed by atoms with Gasteiger partial charge >= 0.3 is 0 Å². The quantitative estimate of drug-likeness (QED) is 0.305. The predicted molar refractivity (Wildman–Crippen MR) is 128 cm³/mol. The predicted octanol–water partition coefficient (Wildman–Crippen LogP) is 2.64. The van der Waals surface area contributed by atoms with Crippen LogP contribution in [0, 0.1) is 6.92 Å². The molecule has 0 bridgehead atoms. The first-order valence-electron chi connectivity index (χ1n) is 10.5. The normalized spacial score (nSPS) is 12.2. The molecule has 2 amide bonds. The Morgan fingerprint density at radius 1 is 1.00 bits per heavy atom. The summed E-state index contributed by atoms with van der Waals surface area (Å²) in [5, 5.41) is 14.2. The fraction of sp³-hybridized carbons (Fsp3) is 0.120. The number of nitrogens with one attached hydrogen (secondary N) is 3. The van der Waals surface area contributed by atoms with Crippen molar-refractivity contribution in [1.29, 1.82) is 0 Å². The second kappa shape index (κ2) is 9.86. The lowest BCUT2D eigenvalue weighted by molar-refractivity contribution is -0.123. The molecule has 170 valence electrons. The van der Waals surface area contributed by atoms with Crippen molar-refractivity contribution < 1.29 is 9.59 Å². The molecular weight excluding hydrogens is 432 g/mol. The van der Waals surface area contributed by atoms with Gasteiger partial charge in [-0.25, -0.2) is 10.5 Å². The number of carbonyl (C=O) groups is 2. The van der Waals surface area contributed by atoms with Crippen LogP contribution in [0.15, 0.2) is 82.8 Å². The van der Waals surface area contributed by atoms with Gasteiger partial charge in [-0.2, -0.15) is 10.2 Å². The Bertz CT molecular complexity index is 1450. The summed E-state index contributed by atoms with van der Waals surface area (Å²) in [6, 6.07) is 17.7. The van der Waals surface area contributed by atoms with Gasteiger partial charge in [0.2, 0.25) is 0 Å². The number of aryl methyl sites for hydroxylation is 1. The SMILES string of the molecule is C/C(=N\NC(=O)C(NC(=O)c1ccccc1)c1n[nH]c(=O)c2ccccc12)c1cc(C)ccn1. The number of aromatic nitrogens is 3. The third kappa shape index (κ3) is 4.88. The van der Waals surface area contributed by atoms with Crippen molar-refractivity contribution in [1.82, 2.24) is 25.9 Å². The first kappa shape index (κ1) is 22.5. The molecule has 9 nitrogen and oxygen atoms in total. The summed E-state index contributed by atoms with van der Waals surface area (Å²) in [5.74, 6) is -1.10. The van der Waals surface area contributed by atoms with Crippen LogP contribution in [0.4, 0.5) is 0 Å². The van der Waals surface area contributed by atoms with E-state index in [2.05, 4.69) is 31.0 Å². The lowest BCUT2D eigenvalue weighted by atomic mass is 10.0. The van der Waals surface area contributed by atoms with Crippen LogP contribution in [0.3, 0.4) is 0 Å². The number of amides is 2. The Labute approximate surface area is 194 Å². The van der Waals surface area contributed by atoms with Crippen LogP contribution < -0.4 is 16.3 Å². The van der Waals surface area contributed by atoms with Gasteiger partial charge in [-0.05, 0) is 49.7 Å². The van der Waals surface area contributed by atoms with E-state index in [1.807, 2.05) is 19.1 Å². The molecule has 0 spiro atoms. The Morgan fingerprint density at radius 2 is 1.71 bits per heavy atom. The summed E-state index contributed by atoms with van der Waals surface area (Å²) in [6.07, 6.45) is 1.66. The van der Waals surface area contributed by atoms with Crippen molar-refractivity contribution in [2.24, 2.45) is 5.10 Å². The van der Waals surface area contributed by atoms with Gasteiger partial charge in [-0.1, -0.05) is 36.4 Å². The fourth-order valence-corrected chi connectivity index (χ4v) is 3.41. The average molecular weight is 454 g/mol. The molecule has 2 aromatic carbocycles. The zero-order valence-electron chi connectivity index (χ0n) is 18.6. The molecule has 2 aromatic heterocycles. The number of benzene rings is 2. The van der Waals surface area contributed by atoms with Gasteiger partial charge in [0.05, 0.1) is 16.8 Å². The highest BCUT2D eigenvalue weighted by Gasteiger charge is 2.27. The maximum Gasteiger partial charge on any atom is 0.272 e. The molecule has 0 aliphatic rings. The summed E-state index contributed by atoms with van der Waals surface area (Å²) >= 11 is 0. The first-order valence-corrected chi connectivity index (χ1v) is 10.5.